The fourth-order valence-electron chi connectivity index (χ4n) is 2.34. The molecule has 2 rings (SSSR count). The molecule has 0 aliphatic heterocycles. The summed E-state index contributed by atoms with van der Waals surface area (Å²) in [6.45, 7) is 7.36. The summed E-state index contributed by atoms with van der Waals surface area (Å²) in [5.74, 6) is 0.672. The maximum Gasteiger partial charge on any atom is -0.147 e. The van der Waals surface area contributed by atoms with Crippen LogP contribution in [-0.2, 0) is 21.9 Å². The van der Waals surface area contributed by atoms with Gasteiger partial charge in [0, 0.05) is 0 Å². The van der Waals surface area contributed by atoms with Crippen LogP contribution < -0.4 is 0 Å². The minimum Gasteiger partial charge on any atom is -0.147 e. The Morgan fingerprint density at radius 2 is 1.89 bits per heavy atom. The zero-order chi connectivity index (χ0) is 11.5. The van der Waals surface area contributed by atoms with Crippen molar-refractivity contribution in [2.75, 3.05) is 0 Å². The van der Waals surface area contributed by atoms with E-state index in [9.17, 15) is 0 Å². The van der Waals surface area contributed by atoms with Crippen LogP contribution in [0.4, 0.5) is 0 Å². The second kappa shape index (κ2) is 8.74. The van der Waals surface area contributed by atoms with E-state index in [0.29, 0.717) is 5.92 Å². The van der Waals surface area contributed by atoms with Crippen molar-refractivity contribution in [3.05, 3.63) is 44.8 Å². The molecule has 0 spiro atoms. The molecule has 0 radical (unpaired) electrons. The molecule has 0 bridgehead atoms. The Kier molecular flexibility index (Phi) is 9.05. The average molecular weight is 380 g/mol. The number of hydrogen-bond acceptors (Lipinski definition) is 0. The van der Waals surface area contributed by atoms with Gasteiger partial charge in [0.05, 0.1) is 0 Å². The van der Waals surface area contributed by atoms with Crippen molar-refractivity contribution in [1.29, 1.82) is 0 Å². The van der Waals surface area contributed by atoms with Crippen molar-refractivity contribution in [2.45, 2.75) is 32.9 Å². The molecule has 99 valence electrons. The largest absolute Gasteiger partial charge is 0.147 e. The smallest absolute Gasteiger partial charge is 0.147 e. The van der Waals surface area contributed by atoms with Gasteiger partial charge in [0.1, 0.15) is 0 Å². The van der Waals surface area contributed by atoms with Crippen LogP contribution in [0, 0.1) is 5.92 Å². The molecule has 0 saturated heterocycles. The van der Waals surface area contributed by atoms with E-state index in [0.717, 1.165) is 0 Å². The van der Waals surface area contributed by atoms with E-state index in [1.807, 2.05) is 3.28 Å². The molecular formula is C14H21Cl2SiZr. The van der Waals surface area contributed by atoms with Crippen molar-refractivity contribution in [3.63, 3.8) is 0 Å². The number of hydrogen-bond donors (Lipinski definition) is 0. The molecule has 0 heterocycles. The van der Waals surface area contributed by atoms with E-state index in [2.05, 4.69) is 50.4 Å². The molecule has 0 aromatic heterocycles. The Hall–Kier alpha value is 0.640. The van der Waals surface area contributed by atoms with Gasteiger partial charge in [-0.15, -0.1) is 24.8 Å². The predicted molar refractivity (Wildman–Crippen MR) is 83.8 cm³/mol. The van der Waals surface area contributed by atoms with Crippen LogP contribution in [0.1, 0.15) is 19.8 Å². The Morgan fingerprint density at radius 1 is 1.17 bits per heavy atom. The summed E-state index contributed by atoms with van der Waals surface area (Å²) in [5.41, 5.74) is 3.33. The zero-order valence-electron chi connectivity index (χ0n) is 11.2. The SMILES string of the molecule is CC(C1=CC=CC1)C1=[C]([Zr]=[Si](C)C)CC=C1.Cl.Cl. The zero-order valence-corrected chi connectivity index (χ0v) is 16.3. The minimum atomic E-state index is -0.210. The molecule has 0 N–H and O–H groups in total. The van der Waals surface area contributed by atoms with Gasteiger partial charge in [-0.1, -0.05) is 0 Å². The van der Waals surface area contributed by atoms with E-state index in [1.54, 1.807) is 11.1 Å². The van der Waals surface area contributed by atoms with Crippen LogP contribution in [-0.4, -0.2) is 5.43 Å². The summed E-state index contributed by atoms with van der Waals surface area (Å²) in [6.07, 6.45) is 14.0. The van der Waals surface area contributed by atoms with Gasteiger partial charge in [-0.05, 0) is 0 Å². The van der Waals surface area contributed by atoms with Crippen LogP contribution in [0.3, 0.4) is 0 Å². The molecule has 0 saturated carbocycles. The Balaban J connectivity index is 0.00000144. The number of allylic oxidation sites excluding steroid dienone is 8. The van der Waals surface area contributed by atoms with Crippen molar-refractivity contribution < 1.29 is 21.9 Å². The second-order valence-electron chi connectivity index (χ2n) is 4.76. The van der Waals surface area contributed by atoms with E-state index in [1.165, 1.54) is 12.8 Å². The molecule has 1 unspecified atom stereocenters. The topological polar surface area (TPSA) is 0 Å². The predicted octanol–water partition coefficient (Wildman–Crippen LogP) is 4.90. The molecule has 0 aromatic carbocycles. The first-order valence-electron chi connectivity index (χ1n) is 6.01. The van der Waals surface area contributed by atoms with Crippen LogP contribution >= 0.6 is 24.8 Å². The van der Waals surface area contributed by atoms with Gasteiger partial charge in [0.25, 0.3) is 0 Å². The standard InChI is InChI=1S/C12H13.C2H6Si.2ClH.Zr/c1-10(11-6-2-3-7-11)12-8-4-5-9-12;1-3-2;;;/h2-4,6,8,10H,5,7H2,1H3;1-2H3;2*1H;. The van der Waals surface area contributed by atoms with E-state index >= 15 is 0 Å². The molecule has 0 nitrogen and oxygen atoms in total. The van der Waals surface area contributed by atoms with E-state index in [4.69, 9.17) is 0 Å². The normalized spacial score (nSPS) is 17.8. The van der Waals surface area contributed by atoms with Crippen molar-refractivity contribution in [2.24, 2.45) is 5.92 Å². The monoisotopic (exact) mass is 377 g/mol. The number of halogens is 2. The first kappa shape index (κ1) is 18.6. The maximum atomic E-state index is 2.49. The fourth-order valence-corrected chi connectivity index (χ4v) is 10.5. The summed E-state index contributed by atoms with van der Waals surface area (Å²) in [5, 5.41) is 0. The third kappa shape index (κ3) is 4.63. The van der Waals surface area contributed by atoms with Gasteiger partial charge < -0.3 is 0 Å². The van der Waals surface area contributed by atoms with Crippen LogP contribution in [0.5, 0.6) is 0 Å². The fraction of sp³-hybridized carbons (Fsp3) is 0.429. The molecule has 1 atom stereocenters. The van der Waals surface area contributed by atoms with E-state index in [-0.39, 0.29) is 52.1 Å². The third-order valence-electron chi connectivity index (χ3n) is 3.19. The second-order valence-corrected chi connectivity index (χ2v) is 17.7. The number of rotatable bonds is 3. The Morgan fingerprint density at radius 3 is 2.44 bits per heavy atom. The third-order valence-corrected chi connectivity index (χ3v) is 11.1. The van der Waals surface area contributed by atoms with Crippen molar-refractivity contribution >= 4 is 30.2 Å². The van der Waals surface area contributed by atoms with Crippen LogP contribution in [0.2, 0.25) is 13.1 Å². The van der Waals surface area contributed by atoms with Crippen LogP contribution in [0.15, 0.2) is 44.8 Å². The van der Waals surface area contributed by atoms with E-state index < -0.39 is 0 Å². The van der Waals surface area contributed by atoms with Crippen molar-refractivity contribution in [3.8, 4) is 0 Å². The quantitative estimate of drug-likeness (QED) is 0.612. The van der Waals surface area contributed by atoms with Gasteiger partial charge in [-0.2, -0.15) is 0 Å². The molecule has 4 heteroatoms. The summed E-state index contributed by atoms with van der Waals surface area (Å²) >= 11 is -0.210. The minimum absolute atomic E-state index is 0. The molecule has 2 aliphatic rings. The Labute approximate surface area is 135 Å². The maximum absolute atomic E-state index is 2.49. The summed E-state index contributed by atoms with van der Waals surface area (Å²) in [4.78, 5) is 0. The molecule has 0 amide bonds. The average Bonchev–Trinajstić information content (AvgIpc) is 2.84. The van der Waals surface area contributed by atoms with Crippen LogP contribution in [0.25, 0.3) is 0 Å². The van der Waals surface area contributed by atoms with Gasteiger partial charge in [0.15, 0.2) is 0 Å². The van der Waals surface area contributed by atoms with Gasteiger partial charge in [-0.25, -0.2) is 0 Å². The summed E-state index contributed by atoms with van der Waals surface area (Å²) < 4.78 is 1.88. The van der Waals surface area contributed by atoms with Gasteiger partial charge in [0.2, 0.25) is 0 Å². The molecule has 18 heavy (non-hydrogen) atoms. The summed E-state index contributed by atoms with van der Waals surface area (Å²) in [7, 11) is 0. The first-order chi connectivity index (χ1) is 7.68. The van der Waals surface area contributed by atoms with Gasteiger partial charge >= 0.3 is 111 Å². The molecule has 0 fully saturated rings. The molecule has 2 aliphatic carbocycles. The first-order valence-corrected chi connectivity index (χ1v) is 13.4. The molecule has 0 aromatic rings. The van der Waals surface area contributed by atoms with Crippen molar-refractivity contribution in [1.82, 2.24) is 0 Å². The van der Waals surface area contributed by atoms with Gasteiger partial charge in [-0.3, -0.25) is 0 Å². The summed E-state index contributed by atoms with van der Waals surface area (Å²) in [6, 6.07) is 0. The molecular weight excluding hydrogens is 358 g/mol. The Bertz CT molecular complexity index is 441.